The van der Waals surface area contributed by atoms with Gasteiger partial charge in [0.05, 0.1) is 4.90 Å². The number of rotatable bonds is 6. The number of likely N-dealkylation sites (N-methyl/N-ethyl adjacent to an activating group) is 1. The quantitative estimate of drug-likeness (QED) is 0.877. The van der Waals surface area contributed by atoms with Crippen LogP contribution in [0.25, 0.3) is 0 Å². The van der Waals surface area contributed by atoms with Gasteiger partial charge in [-0.1, -0.05) is 37.3 Å². The summed E-state index contributed by atoms with van der Waals surface area (Å²) >= 11 is 1.27. The van der Waals surface area contributed by atoms with Crippen molar-refractivity contribution in [3.63, 3.8) is 0 Å². The zero-order chi connectivity index (χ0) is 16.2. The molecule has 0 spiro atoms. The maximum atomic E-state index is 12.5. The molecule has 0 aliphatic carbocycles. The van der Waals surface area contributed by atoms with Gasteiger partial charge in [0.15, 0.2) is 0 Å². The lowest BCUT2D eigenvalue weighted by molar-refractivity contribution is -0.124. The molecule has 1 aromatic carbocycles. The fourth-order valence-electron chi connectivity index (χ4n) is 2.08. The van der Waals surface area contributed by atoms with E-state index in [0.717, 1.165) is 5.56 Å². The molecule has 0 fully saturated rings. The largest absolute Gasteiger partial charge is 0.292 e. The normalized spacial score (nSPS) is 13.0. The summed E-state index contributed by atoms with van der Waals surface area (Å²) in [6, 6.07) is 9.95. The maximum absolute atomic E-state index is 12.5. The lowest BCUT2D eigenvalue weighted by Gasteiger charge is -2.26. The van der Waals surface area contributed by atoms with Crippen LogP contribution in [0.2, 0.25) is 0 Å². The topological polar surface area (TPSA) is 66.5 Å². The molecule has 7 heteroatoms. The first-order valence-electron chi connectivity index (χ1n) is 6.79. The number of nitrogens with zero attached hydrogens (tertiary/aromatic N) is 1. The Bertz CT molecular complexity index is 713. The van der Waals surface area contributed by atoms with Gasteiger partial charge in [0.2, 0.25) is 0 Å². The lowest BCUT2D eigenvalue weighted by atomic mass is 10.1. The van der Waals surface area contributed by atoms with E-state index < -0.39 is 22.0 Å². The Morgan fingerprint density at radius 3 is 2.50 bits per heavy atom. The monoisotopic (exact) mass is 338 g/mol. The standard InChI is InChI=1S/C15H18N2O3S2/c1-3-17(2)14(12-7-5-4-6-8-12)15(18)16-22(19,20)13-9-10-21-11-13/h4-11,14H,3H2,1-2H3,(H,16,18)/t14-/m0/s1. The minimum Gasteiger partial charge on any atom is -0.292 e. The van der Waals surface area contributed by atoms with E-state index in [1.54, 1.807) is 17.3 Å². The summed E-state index contributed by atoms with van der Waals surface area (Å²) in [6.45, 7) is 2.53. The van der Waals surface area contributed by atoms with Crippen molar-refractivity contribution in [3.05, 3.63) is 52.7 Å². The van der Waals surface area contributed by atoms with Crippen molar-refractivity contribution in [3.8, 4) is 0 Å². The van der Waals surface area contributed by atoms with Crippen LogP contribution in [0.1, 0.15) is 18.5 Å². The number of carbonyl (C=O) groups is 1. The lowest BCUT2D eigenvalue weighted by Crippen LogP contribution is -2.41. The Labute approximate surface area is 134 Å². The second-order valence-electron chi connectivity index (χ2n) is 4.82. The highest BCUT2D eigenvalue weighted by Crippen LogP contribution is 2.21. The Hall–Kier alpha value is -1.70. The van der Waals surface area contributed by atoms with Crippen LogP contribution >= 0.6 is 11.3 Å². The molecule has 1 aromatic heterocycles. The van der Waals surface area contributed by atoms with E-state index in [9.17, 15) is 13.2 Å². The first kappa shape index (κ1) is 16.7. The van der Waals surface area contributed by atoms with Gasteiger partial charge in [0.25, 0.3) is 15.9 Å². The first-order chi connectivity index (χ1) is 10.5. The molecule has 0 aliphatic rings. The Kier molecular flexibility index (Phi) is 5.33. The third-order valence-electron chi connectivity index (χ3n) is 3.34. The first-order valence-corrected chi connectivity index (χ1v) is 9.22. The molecule has 2 rings (SSSR count). The molecule has 5 nitrogen and oxygen atoms in total. The number of sulfonamides is 1. The summed E-state index contributed by atoms with van der Waals surface area (Å²) in [4.78, 5) is 14.4. The minimum absolute atomic E-state index is 0.108. The van der Waals surface area contributed by atoms with Crippen LogP contribution < -0.4 is 4.72 Å². The van der Waals surface area contributed by atoms with Gasteiger partial charge in [-0.2, -0.15) is 11.3 Å². The van der Waals surface area contributed by atoms with Gasteiger partial charge in [-0.05, 0) is 30.6 Å². The summed E-state index contributed by atoms with van der Waals surface area (Å²) in [5.74, 6) is -0.554. The van der Waals surface area contributed by atoms with Gasteiger partial charge in [0.1, 0.15) is 6.04 Å². The van der Waals surface area contributed by atoms with Crippen molar-refractivity contribution in [2.45, 2.75) is 17.9 Å². The van der Waals surface area contributed by atoms with Gasteiger partial charge < -0.3 is 0 Å². The SMILES string of the molecule is CCN(C)[C@H](C(=O)NS(=O)(=O)c1ccsc1)c1ccccc1. The Morgan fingerprint density at radius 1 is 1.27 bits per heavy atom. The van der Waals surface area contributed by atoms with Crippen LogP contribution in [-0.2, 0) is 14.8 Å². The zero-order valence-electron chi connectivity index (χ0n) is 12.4. The molecule has 1 atom stereocenters. The van der Waals surface area contributed by atoms with E-state index >= 15 is 0 Å². The van der Waals surface area contributed by atoms with Crippen LogP contribution in [0.5, 0.6) is 0 Å². The van der Waals surface area contributed by atoms with Crippen LogP contribution in [0.4, 0.5) is 0 Å². The van der Waals surface area contributed by atoms with Crippen molar-refractivity contribution in [2.24, 2.45) is 0 Å². The molecule has 0 unspecified atom stereocenters. The predicted molar refractivity (Wildman–Crippen MR) is 87.1 cm³/mol. The van der Waals surface area contributed by atoms with Crippen molar-refractivity contribution >= 4 is 27.3 Å². The number of amides is 1. The summed E-state index contributed by atoms with van der Waals surface area (Å²) in [6.07, 6.45) is 0. The third kappa shape index (κ3) is 3.73. The van der Waals surface area contributed by atoms with Crippen molar-refractivity contribution in [1.82, 2.24) is 9.62 Å². The number of hydrogen-bond donors (Lipinski definition) is 1. The second kappa shape index (κ2) is 7.04. The summed E-state index contributed by atoms with van der Waals surface area (Å²) in [7, 11) is -2.04. The highest BCUT2D eigenvalue weighted by molar-refractivity contribution is 7.90. The molecule has 0 saturated heterocycles. The Morgan fingerprint density at radius 2 is 1.95 bits per heavy atom. The fraction of sp³-hybridized carbons (Fsp3) is 0.267. The second-order valence-corrected chi connectivity index (χ2v) is 7.28. The van der Waals surface area contributed by atoms with Crippen LogP contribution in [-0.4, -0.2) is 32.8 Å². The van der Waals surface area contributed by atoms with Gasteiger partial charge in [0, 0.05) is 5.38 Å². The highest BCUT2D eigenvalue weighted by Gasteiger charge is 2.28. The summed E-state index contributed by atoms with van der Waals surface area (Å²) < 4.78 is 26.6. The fourth-order valence-corrected chi connectivity index (χ4v) is 4.09. The van der Waals surface area contributed by atoms with Gasteiger partial charge in [-0.25, -0.2) is 13.1 Å². The van der Waals surface area contributed by atoms with Crippen LogP contribution in [0.15, 0.2) is 52.1 Å². The number of hydrogen-bond acceptors (Lipinski definition) is 5. The van der Waals surface area contributed by atoms with Crippen LogP contribution in [0.3, 0.4) is 0 Å². The summed E-state index contributed by atoms with van der Waals surface area (Å²) in [5.41, 5.74) is 0.755. The average Bonchev–Trinajstić information content (AvgIpc) is 3.03. The molecule has 1 heterocycles. The third-order valence-corrected chi connectivity index (χ3v) is 5.52. The molecule has 118 valence electrons. The van der Waals surface area contributed by atoms with Gasteiger partial charge >= 0.3 is 0 Å². The molecule has 2 aromatic rings. The molecule has 1 N–H and O–H groups in total. The maximum Gasteiger partial charge on any atom is 0.264 e. The van der Waals surface area contributed by atoms with E-state index in [2.05, 4.69) is 4.72 Å². The molecule has 22 heavy (non-hydrogen) atoms. The van der Waals surface area contributed by atoms with Crippen molar-refractivity contribution < 1.29 is 13.2 Å². The van der Waals surface area contributed by atoms with Crippen LogP contribution in [0, 0.1) is 0 Å². The highest BCUT2D eigenvalue weighted by atomic mass is 32.2. The van der Waals surface area contributed by atoms with Crippen molar-refractivity contribution in [2.75, 3.05) is 13.6 Å². The number of benzene rings is 1. The predicted octanol–water partition coefficient (Wildman–Crippen LogP) is 2.25. The number of carbonyl (C=O) groups excluding carboxylic acids is 1. The number of thiophene rings is 1. The molecule has 1 amide bonds. The van der Waals surface area contributed by atoms with E-state index in [1.165, 1.54) is 22.8 Å². The molecular weight excluding hydrogens is 320 g/mol. The molecule has 0 aliphatic heterocycles. The summed E-state index contributed by atoms with van der Waals surface area (Å²) in [5, 5.41) is 3.16. The smallest absolute Gasteiger partial charge is 0.264 e. The average molecular weight is 338 g/mol. The van der Waals surface area contributed by atoms with E-state index in [1.807, 2.05) is 37.3 Å². The van der Waals surface area contributed by atoms with Gasteiger partial charge in [-0.3, -0.25) is 9.69 Å². The minimum atomic E-state index is -3.83. The molecule has 0 bridgehead atoms. The van der Waals surface area contributed by atoms with E-state index in [-0.39, 0.29) is 4.90 Å². The number of nitrogens with one attached hydrogen (secondary N) is 1. The molecular formula is C15H18N2O3S2. The van der Waals surface area contributed by atoms with E-state index in [0.29, 0.717) is 6.54 Å². The Balaban J connectivity index is 2.27. The van der Waals surface area contributed by atoms with E-state index in [4.69, 9.17) is 0 Å². The molecule has 0 saturated carbocycles. The zero-order valence-corrected chi connectivity index (χ0v) is 14.0. The van der Waals surface area contributed by atoms with Crippen molar-refractivity contribution in [1.29, 1.82) is 0 Å². The van der Waals surface area contributed by atoms with Gasteiger partial charge in [-0.15, -0.1) is 0 Å². The molecule has 0 radical (unpaired) electrons.